The number of nitriles is 1. The number of nitrogens with zero attached hydrogens (tertiary/aromatic N) is 3. The zero-order valence-electron chi connectivity index (χ0n) is 15.8. The average molecular weight is 414 g/mol. The lowest BCUT2D eigenvalue weighted by Crippen LogP contribution is -2.31. The van der Waals surface area contributed by atoms with Crippen LogP contribution in [0.15, 0.2) is 35.4 Å². The van der Waals surface area contributed by atoms with Gasteiger partial charge < -0.3 is 15.4 Å². The molecule has 2 aliphatic rings. The van der Waals surface area contributed by atoms with Crippen LogP contribution in [0.3, 0.4) is 0 Å². The maximum absolute atomic E-state index is 12.4. The number of ether oxygens (including phenoxy) is 1. The highest BCUT2D eigenvalue weighted by molar-refractivity contribution is 7.89. The highest BCUT2D eigenvalue weighted by Crippen LogP contribution is 2.26. The van der Waals surface area contributed by atoms with Gasteiger partial charge in [0.2, 0.25) is 16.0 Å². The Kier molecular flexibility index (Phi) is 5.62. The van der Waals surface area contributed by atoms with Gasteiger partial charge in [0.15, 0.2) is 0 Å². The van der Waals surface area contributed by atoms with Crippen molar-refractivity contribution >= 4 is 27.5 Å². The van der Waals surface area contributed by atoms with E-state index in [1.165, 1.54) is 18.3 Å². The topological polar surface area (TPSA) is 129 Å². The molecule has 2 aromatic rings. The van der Waals surface area contributed by atoms with E-state index in [-0.39, 0.29) is 17.5 Å². The van der Waals surface area contributed by atoms with Gasteiger partial charge in [-0.05, 0) is 49.9 Å². The molecule has 0 radical (unpaired) electrons. The van der Waals surface area contributed by atoms with Gasteiger partial charge in [-0.1, -0.05) is 0 Å². The van der Waals surface area contributed by atoms with Crippen molar-refractivity contribution in [2.45, 2.75) is 42.7 Å². The first kappa shape index (κ1) is 19.6. The normalized spacial score (nSPS) is 18.9. The Morgan fingerprint density at radius 1 is 1.21 bits per heavy atom. The van der Waals surface area contributed by atoms with E-state index >= 15 is 0 Å². The van der Waals surface area contributed by atoms with Gasteiger partial charge in [0.05, 0.1) is 17.2 Å². The summed E-state index contributed by atoms with van der Waals surface area (Å²) >= 11 is 0. The smallest absolute Gasteiger partial charge is 0.240 e. The molecule has 1 saturated heterocycles. The van der Waals surface area contributed by atoms with Crippen LogP contribution >= 0.6 is 0 Å². The first-order chi connectivity index (χ1) is 14.0. The molecule has 0 amide bonds. The molecular weight excluding hydrogens is 392 g/mol. The number of aromatic nitrogens is 2. The van der Waals surface area contributed by atoms with Crippen molar-refractivity contribution in [3.8, 4) is 6.07 Å². The third kappa shape index (κ3) is 5.00. The Morgan fingerprint density at radius 2 is 2.00 bits per heavy atom. The molecule has 3 N–H and O–H groups in total. The molecule has 1 atom stereocenters. The van der Waals surface area contributed by atoms with Crippen LogP contribution in [0.5, 0.6) is 0 Å². The standard InChI is InChI=1S/C19H22N6O3S/c20-10-13-11-21-19(25-18(13)23-14-3-4-14)24-15-5-7-17(8-6-15)29(26,27)22-12-16-2-1-9-28-16/h5-8,11,14,16,22H,1-4,9,12H2,(H2,21,23,24,25). The Bertz CT molecular complexity index is 1010. The monoisotopic (exact) mass is 414 g/mol. The largest absolute Gasteiger partial charge is 0.377 e. The predicted molar refractivity (Wildman–Crippen MR) is 107 cm³/mol. The van der Waals surface area contributed by atoms with Crippen molar-refractivity contribution in [1.82, 2.24) is 14.7 Å². The van der Waals surface area contributed by atoms with Gasteiger partial charge in [-0.15, -0.1) is 0 Å². The number of benzene rings is 1. The van der Waals surface area contributed by atoms with E-state index in [1.54, 1.807) is 12.1 Å². The van der Waals surface area contributed by atoms with Gasteiger partial charge in [0, 0.05) is 24.9 Å². The first-order valence-corrected chi connectivity index (χ1v) is 11.0. The van der Waals surface area contributed by atoms with Gasteiger partial charge >= 0.3 is 0 Å². The Labute approximate surface area is 169 Å². The Balaban J connectivity index is 1.42. The van der Waals surface area contributed by atoms with Crippen LogP contribution in [0.1, 0.15) is 31.2 Å². The molecule has 0 spiro atoms. The van der Waals surface area contributed by atoms with Crippen LogP contribution in [0.2, 0.25) is 0 Å². The quantitative estimate of drug-likeness (QED) is 0.599. The fourth-order valence-electron chi connectivity index (χ4n) is 2.99. The lowest BCUT2D eigenvalue weighted by molar-refractivity contribution is 0.114. The molecule has 1 aliphatic heterocycles. The minimum absolute atomic E-state index is 0.0577. The summed E-state index contributed by atoms with van der Waals surface area (Å²) in [7, 11) is -3.59. The predicted octanol–water partition coefficient (Wildman–Crippen LogP) is 2.12. The summed E-state index contributed by atoms with van der Waals surface area (Å²) in [5, 5.41) is 15.4. The molecule has 1 aromatic carbocycles. The van der Waals surface area contributed by atoms with Gasteiger partial charge in [-0.2, -0.15) is 10.2 Å². The number of nitrogens with one attached hydrogen (secondary N) is 3. The third-order valence-electron chi connectivity index (χ3n) is 4.77. The summed E-state index contributed by atoms with van der Waals surface area (Å²) in [6, 6.07) is 8.78. The zero-order chi connectivity index (χ0) is 20.3. The fourth-order valence-corrected chi connectivity index (χ4v) is 4.06. The van der Waals surface area contributed by atoms with Crippen LogP contribution in [-0.4, -0.2) is 43.7 Å². The highest BCUT2D eigenvalue weighted by atomic mass is 32.2. The number of hydrogen-bond acceptors (Lipinski definition) is 8. The molecule has 0 bridgehead atoms. The summed E-state index contributed by atoms with van der Waals surface area (Å²) in [4.78, 5) is 8.69. The summed E-state index contributed by atoms with van der Waals surface area (Å²) in [5.74, 6) is 0.837. The molecule has 1 unspecified atom stereocenters. The van der Waals surface area contributed by atoms with Crippen molar-refractivity contribution in [1.29, 1.82) is 5.26 Å². The zero-order valence-corrected chi connectivity index (χ0v) is 16.6. The minimum Gasteiger partial charge on any atom is -0.377 e. The molecule has 9 nitrogen and oxygen atoms in total. The minimum atomic E-state index is -3.59. The second-order valence-electron chi connectivity index (χ2n) is 7.12. The number of rotatable bonds is 8. The van der Waals surface area contributed by atoms with Crippen LogP contribution in [-0.2, 0) is 14.8 Å². The van der Waals surface area contributed by atoms with Crippen LogP contribution < -0.4 is 15.4 Å². The van der Waals surface area contributed by atoms with Gasteiger partial charge in [-0.25, -0.2) is 18.1 Å². The highest BCUT2D eigenvalue weighted by Gasteiger charge is 2.23. The molecule has 29 heavy (non-hydrogen) atoms. The van der Waals surface area contributed by atoms with E-state index in [2.05, 4.69) is 31.4 Å². The molecule has 152 valence electrons. The first-order valence-electron chi connectivity index (χ1n) is 9.55. The van der Waals surface area contributed by atoms with Crippen LogP contribution in [0.25, 0.3) is 0 Å². The second-order valence-corrected chi connectivity index (χ2v) is 8.89. The Morgan fingerprint density at radius 3 is 2.66 bits per heavy atom. The lowest BCUT2D eigenvalue weighted by atomic mass is 10.2. The van der Waals surface area contributed by atoms with Crippen molar-refractivity contribution < 1.29 is 13.2 Å². The molecule has 1 saturated carbocycles. The van der Waals surface area contributed by atoms with Crippen molar-refractivity contribution in [2.24, 2.45) is 0 Å². The summed E-state index contributed by atoms with van der Waals surface area (Å²) in [6.07, 6.45) is 5.37. The van der Waals surface area contributed by atoms with E-state index < -0.39 is 10.0 Å². The van der Waals surface area contributed by atoms with E-state index in [4.69, 9.17) is 4.74 Å². The lowest BCUT2D eigenvalue weighted by Gasteiger charge is -2.12. The fraction of sp³-hybridized carbons (Fsp3) is 0.421. The molecule has 10 heteroatoms. The molecule has 2 fully saturated rings. The maximum atomic E-state index is 12.4. The van der Waals surface area contributed by atoms with Gasteiger partial charge in [0.25, 0.3) is 0 Å². The number of anilines is 3. The third-order valence-corrected chi connectivity index (χ3v) is 6.21. The molecule has 4 rings (SSSR count). The van der Waals surface area contributed by atoms with Crippen LogP contribution in [0.4, 0.5) is 17.5 Å². The average Bonchev–Trinajstić information content (AvgIpc) is 3.38. The molecule has 1 aliphatic carbocycles. The maximum Gasteiger partial charge on any atom is 0.240 e. The molecular formula is C19H22N6O3S. The van der Waals surface area contributed by atoms with Crippen molar-refractivity contribution in [3.63, 3.8) is 0 Å². The second kappa shape index (κ2) is 8.32. The summed E-state index contributed by atoms with van der Waals surface area (Å²) in [6.45, 7) is 0.959. The van der Waals surface area contributed by atoms with E-state index in [0.29, 0.717) is 35.7 Å². The molecule has 1 aromatic heterocycles. The number of sulfonamides is 1. The molecule has 2 heterocycles. The van der Waals surface area contributed by atoms with Gasteiger partial charge in [0.1, 0.15) is 17.5 Å². The Hall–Kier alpha value is -2.74. The summed E-state index contributed by atoms with van der Waals surface area (Å²) < 4.78 is 32.9. The summed E-state index contributed by atoms with van der Waals surface area (Å²) in [5.41, 5.74) is 1.03. The SMILES string of the molecule is N#Cc1cnc(Nc2ccc(S(=O)(=O)NCC3CCCO3)cc2)nc1NC1CC1. The van der Waals surface area contributed by atoms with Crippen LogP contribution in [0, 0.1) is 11.3 Å². The number of hydrogen-bond donors (Lipinski definition) is 3. The van der Waals surface area contributed by atoms with E-state index in [1.807, 2.05) is 0 Å². The van der Waals surface area contributed by atoms with E-state index in [9.17, 15) is 13.7 Å². The van der Waals surface area contributed by atoms with E-state index in [0.717, 1.165) is 25.7 Å². The van der Waals surface area contributed by atoms with Gasteiger partial charge in [-0.3, -0.25) is 0 Å². The van der Waals surface area contributed by atoms with Crippen molar-refractivity contribution in [2.75, 3.05) is 23.8 Å². The van der Waals surface area contributed by atoms with Crippen molar-refractivity contribution in [3.05, 3.63) is 36.0 Å².